The van der Waals surface area contributed by atoms with E-state index >= 15 is 0 Å². The van der Waals surface area contributed by atoms with Crippen molar-refractivity contribution in [1.82, 2.24) is 4.90 Å². The zero-order valence-corrected chi connectivity index (χ0v) is 16.1. The second-order valence-corrected chi connectivity index (χ2v) is 8.09. The minimum atomic E-state index is -4.40. The molecule has 5 nitrogen and oxygen atoms in total. The van der Waals surface area contributed by atoms with E-state index in [2.05, 4.69) is 26.1 Å². The number of aryl methyl sites for hydroxylation is 1. The molecule has 0 radical (unpaired) electrons. The summed E-state index contributed by atoms with van der Waals surface area (Å²) in [5.74, 6) is 0.237. The lowest BCUT2D eigenvalue weighted by Crippen LogP contribution is -2.51. The molecule has 2 N–H and O–H groups in total. The molecule has 1 aromatic rings. The van der Waals surface area contributed by atoms with Crippen molar-refractivity contribution in [2.75, 3.05) is 25.0 Å². The lowest BCUT2D eigenvalue weighted by atomic mass is 9.74. The number of carbonyl (C=O) groups excluding carboxylic acids is 1. The lowest BCUT2D eigenvalue weighted by Gasteiger charge is -2.42. The molecule has 1 saturated heterocycles. The first-order valence-corrected chi connectivity index (χ1v) is 8.91. The number of aliphatic hydroxyl groups is 1. The van der Waals surface area contributed by atoms with Gasteiger partial charge in [-0.15, -0.1) is 0 Å². The summed E-state index contributed by atoms with van der Waals surface area (Å²) >= 11 is 0. The maximum Gasteiger partial charge on any atom is 0.422 e. The summed E-state index contributed by atoms with van der Waals surface area (Å²) in [6.45, 7) is 7.25. The van der Waals surface area contributed by atoms with Crippen molar-refractivity contribution in [3.05, 3.63) is 23.8 Å². The van der Waals surface area contributed by atoms with Gasteiger partial charge in [0, 0.05) is 18.8 Å². The Hall–Kier alpha value is -1.96. The number of ether oxygens (including phenoxy) is 1. The van der Waals surface area contributed by atoms with E-state index in [9.17, 15) is 23.1 Å². The molecule has 0 unspecified atom stereocenters. The minimum Gasteiger partial charge on any atom is -0.484 e. The Morgan fingerprint density at radius 3 is 2.52 bits per heavy atom. The van der Waals surface area contributed by atoms with Crippen LogP contribution in [0.3, 0.4) is 0 Å². The highest BCUT2D eigenvalue weighted by Gasteiger charge is 2.37. The van der Waals surface area contributed by atoms with Crippen molar-refractivity contribution >= 4 is 11.7 Å². The minimum absolute atomic E-state index is 0.0364. The van der Waals surface area contributed by atoms with Gasteiger partial charge in [-0.3, -0.25) is 0 Å². The topological polar surface area (TPSA) is 61.8 Å². The normalized spacial score (nSPS) is 21.1. The summed E-state index contributed by atoms with van der Waals surface area (Å²) in [7, 11) is 0. The molecule has 1 fully saturated rings. The largest absolute Gasteiger partial charge is 0.484 e. The van der Waals surface area contributed by atoms with Crippen molar-refractivity contribution in [2.45, 2.75) is 46.4 Å². The van der Waals surface area contributed by atoms with Gasteiger partial charge in [0.1, 0.15) is 5.75 Å². The van der Waals surface area contributed by atoms with Crippen LogP contribution in [0.4, 0.5) is 23.7 Å². The van der Waals surface area contributed by atoms with Crippen molar-refractivity contribution < 1.29 is 27.8 Å². The summed E-state index contributed by atoms with van der Waals surface area (Å²) < 4.78 is 41.5. The number of piperidine rings is 1. The molecule has 2 rings (SSSR count). The molecule has 1 aliphatic heterocycles. The van der Waals surface area contributed by atoms with E-state index in [1.807, 2.05) is 0 Å². The van der Waals surface area contributed by atoms with Crippen molar-refractivity contribution in [3.63, 3.8) is 0 Å². The van der Waals surface area contributed by atoms with Gasteiger partial charge < -0.3 is 20.1 Å². The number of nitrogens with zero attached hydrogens (tertiary/aromatic N) is 1. The van der Waals surface area contributed by atoms with Gasteiger partial charge in [-0.05, 0) is 48.4 Å². The van der Waals surface area contributed by atoms with Crippen molar-refractivity contribution in [1.29, 1.82) is 0 Å². The molecular weight excluding hydrogens is 361 g/mol. The highest BCUT2D eigenvalue weighted by Crippen LogP contribution is 2.34. The van der Waals surface area contributed by atoms with Gasteiger partial charge in [-0.2, -0.15) is 13.2 Å². The van der Waals surface area contributed by atoms with Gasteiger partial charge >= 0.3 is 12.2 Å². The molecule has 0 bridgehead atoms. The van der Waals surface area contributed by atoms with Gasteiger partial charge in [-0.25, -0.2) is 4.79 Å². The molecule has 0 saturated carbocycles. The van der Waals surface area contributed by atoms with Gasteiger partial charge in [-0.1, -0.05) is 20.8 Å². The van der Waals surface area contributed by atoms with Crippen molar-refractivity contribution in [3.8, 4) is 5.75 Å². The standard InChI is InChI=1S/C19H27F3N2O3/c1-12-9-13(5-6-16(12)27-11-19(20,21)22)23-17(26)24-8-7-14(15(25)10-24)18(2,3)4/h5-6,9,14-15,25H,7-8,10-11H2,1-4H3,(H,23,26)/t14-,15+/m0/s1. The van der Waals surface area contributed by atoms with E-state index in [4.69, 9.17) is 4.74 Å². The van der Waals surface area contributed by atoms with E-state index < -0.39 is 18.9 Å². The van der Waals surface area contributed by atoms with E-state index in [1.165, 1.54) is 12.1 Å². The molecule has 1 aromatic carbocycles. The number of β-amino-alcohol motifs (C(OH)–C–C–N with tert-alkyl or cyclic N) is 1. The number of anilines is 1. The first-order chi connectivity index (χ1) is 12.4. The first kappa shape index (κ1) is 21.3. The van der Waals surface area contributed by atoms with E-state index in [-0.39, 0.29) is 29.7 Å². The molecule has 0 spiro atoms. The van der Waals surface area contributed by atoms with Crippen LogP contribution in [0.2, 0.25) is 0 Å². The number of halogens is 3. The zero-order valence-electron chi connectivity index (χ0n) is 16.1. The number of aliphatic hydroxyl groups excluding tert-OH is 1. The molecule has 152 valence electrons. The van der Waals surface area contributed by atoms with Crippen LogP contribution in [0.25, 0.3) is 0 Å². The number of nitrogens with one attached hydrogen (secondary N) is 1. The molecule has 27 heavy (non-hydrogen) atoms. The van der Waals surface area contributed by atoms with Crippen LogP contribution in [0.5, 0.6) is 5.75 Å². The van der Waals surface area contributed by atoms with Crippen molar-refractivity contribution in [2.24, 2.45) is 11.3 Å². The van der Waals surface area contributed by atoms with Crippen LogP contribution in [-0.2, 0) is 0 Å². The van der Waals surface area contributed by atoms with Crippen LogP contribution < -0.4 is 10.1 Å². The number of hydrogen-bond acceptors (Lipinski definition) is 3. The predicted molar refractivity (Wildman–Crippen MR) is 96.9 cm³/mol. The number of amides is 2. The second kappa shape index (κ2) is 7.96. The van der Waals surface area contributed by atoms with Gasteiger partial charge in [0.15, 0.2) is 6.61 Å². The number of rotatable bonds is 3. The lowest BCUT2D eigenvalue weighted by molar-refractivity contribution is -0.153. The third-order valence-corrected chi connectivity index (χ3v) is 4.80. The fourth-order valence-electron chi connectivity index (χ4n) is 3.38. The Bertz CT molecular complexity index is 671. The number of hydrogen-bond donors (Lipinski definition) is 2. The molecule has 1 heterocycles. The smallest absolute Gasteiger partial charge is 0.422 e. The fourth-order valence-corrected chi connectivity index (χ4v) is 3.38. The van der Waals surface area contributed by atoms with Crippen LogP contribution in [0.15, 0.2) is 18.2 Å². The Kier molecular flexibility index (Phi) is 6.29. The molecule has 8 heteroatoms. The fraction of sp³-hybridized carbons (Fsp3) is 0.632. The van der Waals surface area contributed by atoms with Gasteiger partial charge in [0.2, 0.25) is 0 Å². The number of carbonyl (C=O) groups is 1. The average molecular weight is 388 g/mol. The SMILES string of the molecule is Cc1cc(NC(=O)N2CC[C@H](C(C)(C)C)[C@H](O)C2)ccc1OCC(F)(F)F. The Morgan fingerprint density at radius 2 is 2.00 bits per heavy atom. The number of urea groups is 1. The zero-order chi connectivity index (χ0) is 20.4. The first-order valence-electron chi connectivity index (χ1n) is 8.91. The second-order valence-electron chi connectivity index (χ2n) is 8.09. The molecular formula is C19H27F3N2O3. The Labute approximate surface area is 157 Å². The third kappa shape index (κ3) is 6.02. The average Bonchev–Trinajstić information content (AvgIpc) is 2.51. The number of alkyl halides is 3. The van der Waals surface area contributed by atoms with E-state index in [1.54, 1.807) is 17.9 Å². The highest BCUT2D eigenvalue weighted by molar-refractivity contribution is 5.89. The van der Waals surface area contributed by atoms with Crippen LogP contribution in [-0.4, -0.2) is 48.0 Å². The number of likely N-dealkylation sites (tertiary alicyclic amines) is 1. The summed E-state index contributed by atoms with van der Waals surface area (Å²) in [5, 5.41) is 13.1. The predicted octanol–water partition coefficient (Wildman–Crippen LogP) is 4.20. The van der Waals surface area contributed by atoms with E-state index in [0.29, 0.717) is 24.2 Å². The van der Waals surface area contributed by atoms with Gasteiger partial charge in [0.25, 0.3) is 0 Å². The van der Waals surface area contributed by atoms with E-state index in [0.717, 1.165) is 0 Å². The summed E-state index contributed by atoms with van der Waals surface area (Å²) in [6.07, 6.45) is -4.29. The summed E-state index contributed by atoms with van der Waals surface area (Å²) in [6, 6.07) is 4.11. The molecule has 0 aliphatic carbocycles. The maximum atomic E-state index is 12.4. The quantitative estimate of drug-likeness (QED) is 0.816. The molecule has 2 amide bonds. The van der Waals surface area contributed by atoms with Crippen LogP contribution in [0, 0.1) is 18.3 Å². The highest BCUT2D eigenvalue weighted by atomic mass is 19.4. The monoisotopic (exact) mass is 388 g/mol. The van der Waals surface area contributed by atoms with Crippen LogP contribution in [0.1, 0.15) is 32.8 Å². The van der Waals surface area contributed by atoms with Gasteiger partial charge in [0.05, 0.1) is 6.10 Å². The molecule has 2 atom stereocenters. The Balaban J connectivity index is 1.95. The number of benzene rings is 1. The molecule has 0 aromatic heterocycles. The third-order valence-electron chi connectivity index (χ3n) is 4.80. The van der Waals surface area contributed by atoms with Crippen LogP contribution >= 0.6 is 0 Å². The maximum absolute atomic E-state index is 12.4. The molecule has 1 aliphatic rings. The summed E-state index contributed by atoms with van der Waals surface area (Å²) in [4.78, 5) is 14.0. The Morgan fingerprint density at radius 1 is 1.33 bits per heavy atom. The summed E-state index contributed by atoms with van der Waals surface area (Å²) in [5.41, 5.74) is 0.915.